The van der Waals surface area contributed by atoms with Gasteiger partial charge in [0.1, 0.15) is 18.7 Å². The Kier molecular flexibility index (Phi) is 6.24. The SMILES string of the molecule is CC(=O)c1c(C)cc(C)c(COC(=O)CN2C(=O)NC3(CC(C)CC(C)(C)C3)C2=O)c1C. The van der Waals surface area contributed by atoms with Crippen LogP contribution >= 0.6 is 0 Å². The molecule has 174 valence electrons. The first-order valence-electron chi connectivity index (χ1n) is 11.2. The highest BCUT2D eigenvalue weighted by molar-refractivity contribution is 6.08. The van der Waals surface area contributed by atoms with Gasteiger partial charge in [0.05, 0.1) is 0 Å². The first kappa shape index (κ1) is 24.0. The second kappa shape index (κ2) is 8.34. The van der Waals surface area contributed by atoms with Crippen molar-refractivity contribution in [2.75, 3.05) is 6.54 Å². The number of esters is 1. The molecule has 1 aromatic rings. The maximum atomic E-state index is 13.2. The average molecular weight is 443 g/mol. The fourth-order valence-electron chi connectivity index (χ4n) is 5.97. The molecule has 0 radical (unpaired) electrons. The number of ketones is 1. The number of benzene rings is 1. The highest BCUT2D eigenvalue weighted by Gasteiger charge is 2.56. The number of aryl methyl sites for hydroxylation is 2. The van der Waals surface area contributed by atoms with E-state index in [9.17, 15) is 19.2 Å². The third-order valence-corrected chi connectivity index (χ3v) is 6.77. The third-order valence-electron chi connectivity index (χ3n) is 6.77. The maximum Gasteiger partial charge on any atom is 0.326 e. The number of carbonyl (C=O) groups is 4. The van der Waals surface area contributed by atoms with Gasteiger partial charge in [-0.25, -0.2) is 4.79 Å². The number of imide groups is 1. The number of nitrogens with one attached hydrogen (secondary N) is 1. The van der Waals surface area contributed by atoms with E-state index in [1.807, 2.05) is 26.8 Å². The number of urea groups is 1. The number of amides is 3. The van der Waals surface area contributed by atoms with Gasteiger partial charge in [-0.2, -0.15) is 0 Å². The van der Waals surface area contributed by atoms with Gasteiger partial charge in [-0.1, -0.05) is 26.8 Å². The van der Waals surface area contributed by atoms with E-state index in [1.54, 1.807) is 0 Å². The topological polar surface area (TPSA) is 92.8 Å². The van der Waals surface area contributed by atoms with Crippen LogP contribution in [0.4, 0.5) is 4.79 Å². The molecule has 1 N–H and O–H groups in total. The van der Waals surface area contributed by atoms with Crippen molar-refractivity contribution in [3.8, 4) is 0 Å². The van der Waals surface area contributed by atoms with Gasteiger partial charge in [0.15, 0.2) is 5.78 Å². The molecule has 2 unspecified atom stereocenters. The van der Waals surface area contributed by atoms with Crippen molar-refractivity contribution in [3.63, 3.8) is 0 Å². The lowest BCUT2D eigenvalue weighted by atomic mass is 9.64. The number of nitrogens with zero attached hydrogens (tertiary/aromatic N) is 1. The standard InChI is InChI=1S/C25H34N2O5/c1-14-9-24(6,7)13-25(10-14)22(30)27(23(31)26-25)11-20(29)32-12-19-15(2)8-16(3)21(17(19)4)18(5)28/h8,14H,9-13H2,1-7H3,(H,26,31). The fourth-order valence-corrected chi connectivity index (χ4v) is 5.97. The predicted molar refractivity (Wildman–Crippen MR) is 120 cm³/mol. The molecule has 7 nitrogen and oxygen atoms in total. The quantitative estimate of drug-likeness (QED) is 0.423. The summed E-state index contributed by atoms with van der Waals surface area (Å²) in [6, 6.07) is 1.36. The molecule has 0 aromatic heterocycles. The normalized spacial score (nSPS) is 24.6. The van der Waals surface area contributed by atoms with Crippen LogP contribution in [0.3, 0.4) is 0 Å². The molecule has 1 saturated heterocycles. The zero-order valence-electron chi connectivity index (χ0n) is 20.2. The first-order chi connectivity index (χ1) is 14.8. The number of Topliss-reactive ketones (excluding diaryl/α,β-unsaturated/α-hetero) is 1. The van der Waals surface area contributed by atoms with E-state index in [1.165, 1.54) is 6.92 Å². The summed E-state index contributed by atoms with van der Waals surface area (Å²) in [5, 5.41) is 2.87. The second-order valence-electron chi connectivity index (χ2n) is 10.5. The molecule has 1 aliphatic carbocycles. The molecule has 3 rings (SSSR count). The summed E-state index contributed by atoms with van der Waals surface area (Å²) in [7, 11) is 0. The summed E-state index contributed by atoms with van der Waals surface area (Å²) in [5.74, 6) is -0.752. The molecule has 32 heavy (non-hydrogen) atoms. The molecule has 2 atom stereocenters. The van der Waals surface area contributed by atoms with E-state index in [0.717, 1.165) is 33.6 Å². The van der Waals surface area contributed by atoms with Crippen molar-refractivity contribution < 1.29 is 23.9 Å². The van der Waals surface area contributed by atoms with Crippen LogP contribution in [0.1, 0.15) is 79.6 Å². The summed E-state index contributed by atoms with van der Waals surface area (Å²) in [5.41, 5.74) is 2.97. The van der Waals surface area contributed by atoms with Crippen LogP contribution in [0.5, 0.6) is 0 Å². The Morgan fingerprint density at radius 1 is 1.16 bits per heavy atom. The molecule has 3 amide bonds. The van der Waals surface area contributed by atoms with E-state index in [2.05, 4.69) is 26.1 Å². The van der Waals surface area contributed by atoms with Crippen LogP contribution in [0, 0.1) is 32.1 Å². The van der Waals surface area contributed by atoms with Gasteiger partial charge >= 0.3 is 12.0 Å². The molecule has 0 bridgehead atoms. The number of carbonyl (C=O) groups excluding carboxylic acids is 4. The van der Waals surface area contributed by atoms with Crippen LogP contribution in [-0.4, -0.2) is 40.7 Å². The van der Waals surface area contributed by atoms with E-state index in [-0.39, 0.29) is 29.6 Å². The maximum absolute atomic E-state index is 13.2. The smallest absolute Gasteiger partial charge is 0.326 e. The Morgan fingerprint density at radius 2 is 1.81 bits per heavy atom. The second-order valence-corrected chi connectivity index (χ2v) is 10.5. The van der Waals surface area contributed by atoms with Gasteiger partial charge in [0.25, 0.3) is 5.91 Å². The fraction of sp³-hybridized carbons (Fsp3) is 0.600. The van der Waals surface area contributed by atoms with Crippen LogP contribution in [0.25, 0.3) is 0 Å². The van der Waals surface area contributed by atoms with Crippen molar-refractivity contribution in [2.45, 2.75) is 79.9 Å². The lowest BCUT2D eigenvalue weighted by Gasteiger charge is -2.43. The van der Waals surface area contributed by atoms with Gasteiger partial charge in [-0.15, -0.1) is 0 Å². The van der Waals surface area contributed by atoms with E-state index in [0.29, 0.717) is 18.4 Å². The molecule has 2 fully saturated rings. The minimum absolute atomic E-state index is 0.0179. The summed E-state index contributed by atoms with van der Waals surface area (Å²) < 4.78 is 5.44. The Hall–Kier alpha value is -2.70. The van der Waals surface area contributed by atoms with Gasteiger partial charge in [-0.05, 0) is 80.5 Å². The Bertz CT molecular complexity index is 997. The molecule has 2 aliphatic rings. The van der Waals surface area contributed by atoms with Gasteiger partial charge < -0.3 is 10.1 Å². The van der Waals surface area contributed by atoms with Crippen molar-refractivity contribution >= 4 is 23.7 Å². The molecule has 1 aliphatic heterocycles. The third kappa shape index (κ3) is 4.43. The van der Waals surface area contributed by atoms with E-state index < -0.39 is 24.1 Å². The minimum Gasteiger partial charge on any atom is -0.459 e. The molecule has 1 aromatic carbocycles. The van der Waals surface area contributed by atoms with Crippen LogP contribution in [0.15, 0.2) is 6.07 Å². The van der Waals surface area contributed by atoms with Crippen molar-refractivity contribution in [1.82, 2.24) is 10.2 Å². The summed E-state index contributed by atoms with van der Waals surface area (Å²) in [4.78, 5) is 51.4. The van der Waals surface area contributed by atoms with Gasteiger partial charge in [-0.3, -0.25) is 19.3 Å². The van der Waals surface area contributed by atoms with Crippen LogP contribution < -0.4 is 5.32 Å². The molecule has 7 heteroatoms. The number of ether oxygens (including phenoxy) is 1. The van der Waals surface area contributed by atoms with E-state index >= 15 is 0 Å². The zero-order valence-corrected chi connectivity index (χ0v) is 20.2. The highest BCUT2D eigenvalue weighted by atomic mass is 16.5. The van der Waals surface area contributed by atoms with Gasteiger partial charge in [0, 0.05) is 5.56 Å². The summed E-state index contributed by atoms with van der Waals surface area (Å²) >= 11 is 0. The van der Waals surface area contributed by atoms with Crippen LogP contribution in [0.2, 0.25) is 0 Å². The van der Waals surface area contributed by atoms with E-state index in [4.69, 9.17) is 4.74 Å². The minimum atomic E-state index is -0.945. The number of hydrogen-bond donors (Lipinski definition) is 1. The monoisotopic (exact) mass is 442 g/mol. The highest BCUT2D eigenvalue weighted by Crippen LogP contribution is 2.46. The lowest BCUT2D eigenvalue weighted by molar-refractivity contribution is -0.149. The molecular weight excluding hydrogens is 408 g/mol. The van der Waals surface area contributed by atoms with Crippen LogP contribution in [-0.2, 0) is 20.9 Å². The average Bonchev–Trinajstić information content (AvgIpc) is 2.82. The lowest BCUT2D eigenvalue weighted by Crippen LogP contribution is -2.54. The Labute approximate surface area is 189 Å². The molecule has 1 saturated carbocycles. The number of hydrogen-bond acceptors (Lipinski definition) is 5. The molecule has 1 spiro atoms. The van der Waals surface area contributed by atoms with Crippen molar-refractivity contribution in [1.29, 1.82) is 0 Å². The molecular formula is C25H34N2O5. The number of rotatable bonds is 5. The summed E-state index contributed by atoms with van der Waals surface area (Å²) in [6.45, 7) is 13.0. The summed E-state index contributed by atoms with van der Waals surface area (Å²) in [6.07, 6.45) is 2.11. The predicted octanol–water partition coefficient (Wildman–Crippen LogP) is 3.99. The van der Waals surface area contributed by atoms with Crippen molar-refractivity contribution in [2.24, 2.45) is 11.3 Å². The zero-order chi connectivity index (χ0) is 24.0. The molecule has 1 heterocycles. The Balaban J connectivity index is 1.71. The first-order valence-corrected chi connectivity index (χ1v) is 11.2. The van der Waals surface area contributed by atoms with Gasteiger partial charge in [0.2, 0.25) is 0 Å². The van der Waals surface area contributed by atoms with Crippen molar-refractivity contribution in [3.05, 3.63) is 33.9 Å². The Morgan fingerprint density at radius 3 is 2.41 bits per heavy atom. The largest absolute Gasteiger partial charge is 0.459 e.